The first-order valence-electron chi connectivity index (χ1n) is 6.80. The molecule has 0 spiro atoms. The first-order chi connectivity index (χ1) is 9.92. The van der Waals surface area contributed by atoms with E-state index >= 15 is 0 Å². The Labute approximate surface area is 123 Å². The largest absolute Gasteiger partial charge is 0.451 e. The van der Waals surface area contributed by atoms with Gasteiger partial charge in [-0.1, -0.05) is 6.07 Å². The molecule has 2 rings (SSSR count). The molecule has 112 valence electrons. The highest BCUT2D eigenvalue weighted by Crippen LogP contribution is 2.32. The van der Waals surface area contributed by atoms with E-state index in [1.165, 1.54) is 12.1 Å². The van der Waals surface area contributed by atoms with Crippen LogP contribution in [-0.4, -0.2) is 7.05 Å². The van der Waals surface area contributed by atoms with Crippen LogP contribution in [0.5, 0.6) is 11.5 Å². The van der Waals surface area contributed by atoms with E-state index < -0.39 is 11.6 Å². The maximum atomic E-state index is 14.1. The second-order valence-electron chi connectivity index (χ2n) is 5.23. The van der Waals surface area contributed by atoms with E-state index in [-0.39, 0.29) is 5.75 Å². The first kappa shape index (κ1) is 15.4. The highest BCUT2D eigenvalue weighted by atomic mass is 19.1. The number of nitrogens with one attached hydrogen (secondary N) is 1. The average molecular weight is 291 g/mol. The van der Waals surface area contributed by atoms with Crippen LogP contribution < -0.4 is 10.1 Å². The zero-order valence-corrected chi connectivity index (χ0v) is 12.7. The molecule has 0 unspecified atom stereocenters. The van der Waals surface area contributed by atoms with Crippen LogP contribution in [0, 0.1) is 32.4 Å². The average Bonchev–Trinajstić information content (AvgIpc) is 2.39. The van der Waals surface area contributed by atoms with Gasteiger partial charge < -0.3 is 10.1 Å². The summed E-state index contributed by atoms with van der Waals surface area (Å²) < 4.78 is 33.6. The van der Waals surface area contributed by atoms with E-state index in [0.29, 0.717) is 17.9 Å². The molecular formula is C17H19F2NO. The minimum absolute atomic E-state index is 0.358. The molecule has 0 amide bonds. The van der Waals surface area contributed by atoms with Crippen LogP contribution in [0.3, 0.4) is 0 Å². The monoisotopic (exact) mass is 291 g/mol. The SMILES string of the molecule is CNCc1cc(F)c(Oc2cc(C)cc(C)c2C)c(F)c1. The smallest absolute Gasteiger partial charge is 0.198 e. The Morgan fingerprint density at radius 1 is 1.00 bits per heavy atom. The molecule has 0 bridgehead atoms. The van der Waals surface area contributed by atoms with Gasteiger partial charge in [0.15, 0.2) is 17.4 Å². The maximum Gasteiger partial charge on any atom is 0.198 e. The Hall–Kier alpha value is -1.94. The summed E-state index contributed by atoms with van der Waals surface area (Å²) >= 11 is 0. The molecule has 0 saturated carbocycles. The van der Waals surface area contributed by atoms with Gasteiger partial charge in [-0.25, -0.2) is 8.78 Å². The molecule has 0 fully saturated rings. The minimum atomic E-state index is -0.696. The summed E-state index contributed by atoms with van der Waals surface area (Å²) in [6, 6.07) is 6.35. The fourth-order valence-corrected chi connectivity index (χ4v) is 2.23. The zero-order valence-electron chi connectivity index (χ0n) is 12.7. The fourth-order valence-electron chi connectivity index (χ4n) is 2.23. The number of hydrogen-bond donors (Lipinski definition) is 1. The normalized spacial score (nSPS) is 10.8. The van der Waals surface area contributed by atoms with Crippen molar-refractivity contribution in [1.29, 1.82) is 0 Å². The molecule has 0 aliphatic carbocycles. The molecule has 0 aliphatic rings. The molecule has 0 saturated heterocycles. The summed E-state index contributed by atoms with van der Waals surface area (Å²) in [4.78, 5) is 0. The van der Waals surface area contributed by atoms with E-state index in [4.69, 9.17) is 4.74 Å². The number of benzene rings is 2. The number of hydrogen-bond acceptors (Lipinski definition) is 2. The van der Waals surface area contributed by atoms with Crippen molar-refractivity contribution >= 4 is 0 Å². The van der Waals surface area contributed by atoms with Crippen LogP contribution in [0.2, 0.25) is 0 Å². The van der Waals surface area contributed by atoms with Crippen molar-refractivity contribution in [1.82, 2.24) is 5.32 Å². The van der Waals surface area contributed by atoms with Gasteiger partial charge in [-0.3, -0.25) is 0 Å². The van der Waals surface area contributed by atoms with Crippen molar-refractivity contribution in [3.8, 4) is 11.5 Å². The van der Waals surface area contributed by atoms with Crippen molar-refractivity contribution in [3.63, 3.8) is 0 Å². The summed E-state index contributed by atoms with van der Waals surface area (Å²) in [5.74, 6) is -1.27. The number of aryl methyl sites for hydroxylation is 2. The summed E-state index contributed by atoms with van der Waals surface area (Å²) in [5.41, 5.74) is 3.43. The second kappa shape index (κ2) is 6.22. The van der Waals surface area contributed by atoms with E-state index in [1.807, 2.05) is 26.8 Å². The van der Waals surface area contributed by atoms with Gasteiger partial charge in [0.05, 0.1) is 0 Å². The summed E-state index contributed by atoms with van der Waals surface area (Å²) in [6.45, 7) is 6.13. The van der Waals surface area contributed by atoms with Crippen LogP contribution in [0.15, 0.2) is 24.3 Å². The summed E-state index contributed by atoms with van der Waals surface area (Å²) in [5, 5.41) is 2.86. The Morgan fingerprint density at radius 3 is 2.19 bits per heavy atom. The van der Waals surface area contributed by atoms with Crippen LogP contribution >= 0.6 is 0 Å². The molecule has 2 nitrogen and oxygen atoms in total. The predicted octanol–water partition coefficient (Wildman–Crippen LogP) is 4.40. The molecule has 0 atom stereocenters. The van der Waals surface area contributed by atoms with E-state index in [2.05, 4.69) is 5.32 Å². The van der Waals surface area contributed by atoms with Crippen LogP contribution in [-0.2, 0) is 6.54 Å². The molecule has 0 heterocycles. The lowest BCUT2D eigenvalue weighted by Gasteiger charge is -2.14. The Bertz CT molecular complexity index is 645. The number of halogens is 2. The predicted molar refractivity (Wildman–Crippen MR) is 79.8 cm³/mol. The molecule has 0 aliphatic heterocycles. The van der Waals surface area contributed by atoms with Gasteiger partial charge in [0, 0.05) is 6.54 Å². The quantitative estimate of drug-likeness (QED) is 0.901. The molecule has 4 heteroatoms. The lowest BCUT2D eigenvalue weighted by molar-refractivity contribution is 0.403. The van der Waals surface area contributed by atoms with Gasteiger partial charge in [0.25, 0.3) is 0 Å². The molecule has 0 radical (unpaired) electrons. The van der Waals surface area contributed by atoms with Crippen LogP contribution in [0.4, 0.5) is 8.78 Å². The lowest BCUT2D eigenvalue weighted by Crippen LogP contribution is -2.06. The van der Waals surface area contributed by atoms with Crippen molar-refractivity contribution < 1.29 is 13.5 Å². The topological polar surface area (TPSA) is 21.3 Å². The molecule has 2 aromatic carbocycles. The van der Waals surface area contributed by atoms with E-state index in [1.54, 1.807) is 13.1 Å². The third kappa shape index (κ3) is 3.39. The third-order valence-electron chi connectivity index (χ3n) is 3.42. The van der Waals surface area contributed by atoms with Crippen molar-refractivity contribution in [2.24, 2.45) is 0 Å². The van der Waals surface area contributed by atoms with Crippen LogP contribution in [0.1, 0.15) is 22.3 Å². The van der Waals surface area contributed by atoms with Crippen LogP contribution in [0.25, 0.3) is 0 Å². The van der Waals surface area contributed by atoms with Gasteiger partial charge in [0.1, 0.15) is 5.75 Å². The highest BCUT2D eigenvalue weighted by Gasteiger charge is 2.15. The third-order valence-corrected chi connectivity index (χ3v) is 3.42. The van der Waals surface area contributed by atoms with Crippen molar-refractivity contribution in [2.75, 3.05) is 7.05 Å². The van der Waals surface area contributed by atoms with Gasteiger partial charge in [-0.15, -0.1) is 0 Å². The second-order valence-corrected chi connectivity index (χ2v) is 5.23. The molecule has 1 N–H and O–H groups in total. The van der Waals surface area contributed by atoms with Gasteiger partial charge in [-0.2, -0.15) is 0 Å². The van der Waals surface area contributed by atoms with Gasteiger partial charge >= 0.3 is 0 Å². The van der Waals surface area contributed by atoms with Gasteiger partial charge in [0.2, 0.25) is 0 Å². The fraction of sp³-hybridized carbons (Fsp3) is 0.294. The summed E-state index contributed by atoms with van der Waals surface area (Å²) in [7, 11) is 1.72. The minimum Gasteiger partial charge on any atom is -0.451 e. The van der Waals surface area contributed by atoms with Gasteiger partial charge in [-0.05, 0) is 68.3 Å². The van der Waals surface area contributed by atoms with E-state index in [0.717, 1.165) is 16.7 Å². The maximum absolute atomic E-state index is 14.1. The Kier molecular flexibility index (Phi) is 4.58. The summed E-state index contributed by atoms with van der Waals surface area (Å²) in [6.07, 6.45) is 0. The Balaban J connectivity index is 2.40. The number of ether oxygens (including phenoxy) is 1. The van der Waals surface area contributed by atoms with E-state index in [9.17, 15) is 8.78 Å². The number of rotatable bonds is 4. The van der Waals surface area contributed by atoms with Crippen molar-refractivity contribution in [3.05, 3.63) is 58.2 Å². The highest BCUT2D eigenvalue weighted by molar-refractivity contribution is 5.45. The molecule has 0 aromatic heterocycles. The standard InChI is InChI=1S/C17H19F2NO/c1-10-5-11(2)12(3)16(6-10)21-17-14(18)7-13(9-20-4)8-15(17)19/h5-8,20H,9H2,1-4H3. The molecule has 2 aromatic rings. The Morgan fingerprint density at radius 2 is 1.62 bits per heavy atom. The molecule has 21 heavy (non-hydrogen) atoms. The van der Waals surface area contributed by atoms with Crippen molar-refractivity contribution in [2.45, 2.75) is 27.3 Å². The molecular weight excluding hydrogens is 272 g/mol. The zero-order chi connectivity index (χ0) is 15.6. The first-order valence-corrected chi connectivity index (χ1v) is 6.80. The lowest BCUT2D eigenvalue weighted by atomic mass is 10.1.